The maximum atomic E-state index is 10.9. The summed E-state index contributed by atoms with van der Waals surface area (Å²) in [5.74, 6) is -1.92. The average Bonchev–Trinajstić information content (AvgIpc) is 2.47. The summed E-state index contributed by atoms with van der Waals surface area (Å²) in [6, 6.07) is 0. The Hall–Kier alpha value is -1.06. The quantitative estimate of drug-likeness (QED) is 0.540. The van der Waals surface area contributed by atoms with E-state index in [1.54, 1.807) is 0 Å². The molecule has 2 atom stereocenters. The highest BCUT2D eigenvalue weighted by molar-refractivity contribution is 5.82. The van der Waals surface area contributed by atoms with E-state index in [9.17, 15) is 9.59 Å². The van der Waals surface area contributed by atoms with E-state index in [2.05, 4.69) is 6.92 Å². The van der Waals surface area contributed by atoms with Gasteiger partial charge >= 0.3 is 11.9 Å². The Morgan fingerprint density at radius 3 is 2.86 bits per heavy atom. The molecule has 0 aliphatic carbocycles. The Kier molecular flexibility index (Phi) is 3.92. The zero-order chi connectivity index (χ0) is 10.6. The average molecular weight is 200 g/mol. The number of carbonyl (C=O) groups is 2. The van der Waals surface area contributed by atoms with E-state index in [0.717, 1.165) is 19.3 Å². The van der Waals surface area contributed by atoms with Gasteiger partial charge in [0.1, 0.15) is 12.0 Å². The van der Waals surface area contributed by atoms with Crippen molar-refractivity contribution in [1.29, 1.82) is 0 Å². The van der Waals surface area contributed by atoms with E-state index in [4.69, 9.17) is 9.84 Å². The number of hydrogen-bond acceptors (Lipinski definition) is 3. The van der Waals surface area contributed by atoms with Crippen LogP contribution in [0.2, 0.25) is 0 Å². The molecule has 1 rings (SSSR count). The third-order valence-electron chi connectivity index (χ3n) is 2.53. The lowest BCUT2D eigenvalue weighted by atomic mass is 9.97. The lowest BCUT2D eigenvalue weighted by molar-refractivity contribution is -0.144. The van der Waals surface area contributed by atoms with Gasteiger partial charge in [-0.3, -0.25) is 9.59 Å². The second-order valence-electron chi connectivity index (χ2n) is 3.67. The highest BCUT2D eigenvalue weighted by Gasteiger charge is 2.39. The molecule has 0 spiro atoms. The normalized spacial score (nSPS) is 26.2. The minimum atomic E-state index is -0.919. The molecule has 1 saturated heterocycles. The van der Waals surface area contributed by atoms with Crippen LogP contribution >= 0.6 is 0 Å². The molecule has 2 unspecified atom stereocenters. The monoisotopic (exact) mass is 200 g/mol. The van der Waals surface area contributed by atoms with Gasteiger partial charge in [0.15, 0.2) is 0 Å². The van der Waals surface area contributed by atoms with E-state index < -0.39 is 18.0 Å². The molecule has 1 fully saturated rings. The molecule has 14 heavy (non-hydrogen) atoms. The van der Waals surface area contributed by atoms with Crippen LogP contribution in [-0.4, -0.2) is 23.1 Å². The van der Waals surface area contributed by atoms with Crippen molar-refractivity contribution in [2.75, 3.05) is 0 Å². The Bertz CT molecular complexity index is 224. The topological polar surface area (TPSA) is 63.6 Å². The fraction of sp³-hybridized carbons (Fsp3) is 0.800. The van der Waals surface area contributed by atoms with Crippen molar-refractivity contribution in [2.24, 2.45) is 5.92 Å². The summed E-state index contributed by atoms with van der Waals surface area (Å²) in [6.07, 6.45) is 3.38. The molecule has 4 nitrogen and oxygen atoms in total. The SMILES string of the molecule is CCCCCC1OC(=O)CC1C(=O)O. The second-order valence-corrected chi connectivity index (χ2v) is 3.67. The summed E-state index contributed by atoms with van der Waals surface area (Å²) >= 11 is 0. The number of carboxylic acid groups (broad SMARTS) is 1. The van der Waals surface area contributed by atoms with Crippen LogP contribution in [0, 0.1) is 5.92 Å². The number of unbranched alkanes of at least 4 members (excludes halogenated alkanes) is 2. The first kappa shape index (κ1) is 11.0. The van der Waals surface area contributed by atoms with Gasteiger partial charge in [-0.2, -0.15) is 0 Å². The van der Waals surface area contributed by atoms with Gasteiger partial charge < -0.3 is 9.84 Å². The lowest BCUT2D eigenvalue weighted by Crippen LogP contribution is -2.23. The number of aliphatic carboxylic acids is 1. The van der Waals surface area contributed by atoms with Crippen molar-refractivity contribution in [3.05, 3.63) is 0 Å². The second kappa shape index (κ2) is 4.98. The number of rotatable bonds is 5. The Balaban J connectivity index is 2.41. The number of carbonyl (C=O) groups excluding carboxylic acids is 1. The Morgan fingerprint density at radius 2 is 2.29 bits per heavy atom. The van der Waals surface area contributed by atoms with Gasteiger partial charge in [-0.25, -0.2) is 0 Å². The summed E-state index contributed by atoms with van der Waals surface area (Å²) < 4.78 is 4.96. The molecule has 1 aliphatic rings. The standard InChI is InChI=1S/C10H16O4/c1-2-3-4-5-8-7(10(12)13)6-9(11)14-8/h7-8H,2-6H2,1H3,(H,12,13). The van der Waals surface area contributed by atoms with Crippen LogP contribution in [0.1, 0.15) is 39.0 Å². The van der Waals surface area contributed by atoms with Crippen LogP contribution in [0.15, 0.2) is 0 Å². The first-order valence-corrected chi connectivity index (χ1v) is 5.07. The molecule has 0 aromatic carbocycles. The maximum Gasteiger partial charge on any atom is 0.310 e. The lowest BCUT2D eigenvalue weighted by Gasteiger charge is -2.13. The molecule has 1 aliphatic heterocycles. The number of ether oxygens (including phenoxy) is 1. The molecule has 4 heteroatoms. The minimum absolute atomic E-state index is 0.0339. The van der Waals surface area contributed by atoms with Gasteiger partial charge in [-0.05, 0) is 12.8 Å². The van der Waals surface area contributed by atoms with E-state index in [-0.39, 0.29) is 12.4 Å². The van der Waals surface area contributed by atoms with E-state index >= 15 is 0 Å². The number of carboxylic acids is 1. The highest BCUT2D eigenvalue weighted by Crippen LogP contribution is 2.26. The molecule has 80 valence electrons. The molecular weight excluding hydrogens is 184 g/mol. The molecule has 0 aromatic heterocycles. The zero-order valence-electron chi connectivity index (χ0n) is 8.36. The predicted molar refractivity (Wildman–Crippen MR) is 49.8 cm³/mol. The zero-order valence-corrected chi connectivity index (χ0v) is 8.36. The Labute approximate surface area is 83.2 Å². The van der Waals surface area contributed by atoms with E-state index in [1.807, 2.05) is 0 Å². The molecule has 1 heterocycles. The van der Waals surface area contributed by atoms with Crippen LogP contribution in [0.5, 0.6) is 0 Å². The van der Waals surface area contributed by atoms with Gasteiger partial charge in [-0.1, -0.05) is 19.8 Å². The van der Waals surface area contributed by atoms with Gasteiger partial charge in [0.25, 0.3) is 0 Å². The van der Waals surface area contributed by atoms with Gasteiger partial charge in [-0.15, -0.1) is 0 Å². The van der Waals surface area contributed by atoms with Gasteiger partial charge in [0, 0.05) is 0 Å². The molecule has 0 bridgehead atoms. The van der Waals surface area contributed by atoms with E-state index in [0.29, 0.717) is 6.42 Å². The third kappa shape index (κ3) is 2.72. The van der Waals surface area contributed by atoms with Crippen molar-refractivity contribution in [3.63, 3.8) is 0 Å². The van der Waals surface area contributed by atoms with Crippen LogP contribution in [0.3, 0.4) is 0 Å². The fourth-order valence-corrected chi connectivity index (χ4v) is 1.71. The number of cyclic esters (lactones) is 1. The van der Waals surface area contributed by atoms with Crippen molar-refractivity contribution in [2.45, 2.75) is 45.1 Å². The summed E-state index contributed by atoms with van der Waals surface area (Å²) in [5, 5.41) is 8.83. The molecule has 0 radical (unpaired) electrons. The first-order valence-electron chi connectivity index (χ1n) is 5.07. The van der Waals surface area contributed by atoms with Crippen molar-refractivity contribution < 1.29 is 19.4 Å². The summed E-state index contributed by atoms with van der Waals surface area (Å²) in [5.41, 5.74) is 0. The van der Waals surface area contributed by atoms with E-state index in [1.165, 1.54) is 0 Å². The smallest absolute Gasteiger partial charge is 0.310 e. The molecule has 0 amide bonds. The molecule has 0 saturated carbocycles. The maximum absolute atomic E-state index is 10.9. The van der Waals surface area contributed by atoms with Gasteiger partial charge in [0.05, 0.1) is 6.42 Å². The summed E-state index contributed by atoms with van der Waals surface area (Å²) in [7, 11) is 0. The molecular formula is C10H16O4. The summed E-state index contributed by atoms with van der Waals surface area (Å²) in [6.45, 7) is 2.08. The van der Waals surface area contributed by atoms with Crippen molar-refractivity contribution in [1.82, 2.24) is 0 Å². The largest absolute Gasteiger partial charge is 0.481 e. The Morgan fingerprint density at radius 1 is 1.57 bits per heavy atom. The van der Waals surface area contributed by atoms with Crippen LogP contribution in [0.4, 0.5) is 0 Å². The van der Waals surface area contributed by atoms with Crippen LogP contribution in [0.25, 0.3) is 0 Å². The fourth-order valence-electron chi connectivity index (χ4n) is 1.71. The molecule has 1 N–H and O–H groups in total. The van der Waals surface area contributed by atoms with Crippen LogP contribution in [-0.2, 0) is 14.3 Å². The van der Waals surface area contributed by atoms with Gasteiger partial charge in [0.2, 0.25) is 0 Å². The van der Waals surface area contributed by atoms with Crippen molar-refractivity contribution >= 4 is 11.9 Å². The van der Waals surface area contributed by atoms with Crippen LogP contribution < -0.4 is 0 Å². The highest BCUT2D eigenvalue weighted by atomic mass is 16.6. The molecule has 0 aromatic rings. The number of hydrogen-bond donors (Lipinski definition) is 1. The minimum Gasteiger partial charge on any atom is -0.481 e. The van der Waals surface area contributed by atoms with Crippen molar-refractivity contribution in [3.8, 4) is 0 Å². The first-order chi connectivity index (χ1) is 6.65. The number of esters is 1. The summed E-state index contributed by atoms with van der Waals surface area (Å²) in [4.78, 5) is 21.7. The third-order valence-corrected chi connectivity index (χ3v) is 2.53. The predicted octanol–water partition coefficient (Wildman–Crippen LogP) is 1.58.